The van der Waals surface area contributed by atoms with Crippen molar-refractivity contribution in [3.05, 3.63) is 58.1 Å². The van der Waals surface area contributed by atoms with Crippen LogP contribution in [0.4, 0.5) is 0 Å². The Kier molecular flexibility index (Phi) is 5.04. The van der Waals surface area contributed by atoms with E-state index in [0.717, 1.165) is 21.3 Å². The zero-order valence-electron chi connectivity index (χ0n) is 11.5. The number of para-hydroxylation sites is 1. The molecular weight excluding hydrogens is 320 g/mol. The van der Waals surface area contributed by atoms with Crippen LogP contribution in [0.1, 0.15) is 24.2 Å². The number of aliphatic hydroxyl groups is 1. The minimum Gasteiger partial charge on any atom is -0.496 e. The van der Waals surface area contributed by atoms with E-state index in [-0.39, 0.29) is 0 Å². The van der Waals surface area contributed by atoms with Crippen molar-refractivity contribution in [2.24, 2.45) is 0 Å². The summed E-state index contributed by atoms with van der Waals surface area (Å²) in [6.45, 7) is 2.11. The Morgan fingerprint density at radius 3 is 2.60 bits per heavy atom. The van der Waals surface area contributed by atoms with Crippen LogP contribution < -0.4 is 9.47 Å². The fourth-order valence-electron chi connectivity index (χ4n) is 1.95. The summed E-state index contributed by atoms with van der Waals surface area (Å²) < 4.78 is 12.0. The van der Waals surface area contributed by atoms with Crippen LogP contribution in [0.3, 0.4) is 0 Å². The lowest BCUT2D eigenvalue weighted by molar-refractivity contribution is 0.189. The summed E-state index contributed by atoms with van der Waals surface area (Å²) in [5, 5.41) is 9.80. The molecule has 4 heteroatoms. The molecule has 0 bridgehead atoms. The Labute approximate surface area is 127 Å². The lowest BCUT2D eigenvalue weighted by atomic mass is 10.1. The average molecular weight is 337 g/mol. The number of halogens is 1. The van der Waals surface area contributed by atoms with E-state index in [4.69, 9.17) is 9.47 Å². The van der Waals surface area contributed by atoms with Crippen LogP contribution in [0.5, 0.6) is 11.5 Å². The first-order valence-electron chi connectivity index (χ1n) is 6.34. The van der Waals surface area contributed by atoms with Gasteiger partial charge < -0.3 is 14.6 Å². The fourth-order valence-corrected chi connectivity index (χ4v) is 2.33. The molecule has 0 amide bonds. The molecular formula is C16H17BrO3. The van der Waals surface area contributed by atoms with Crippen LogP contribution in [-0.2, 0) is 6.61 Å². The second-order valence-corrected chi connectivity index (χ2v) is 5.37. The molecule has 0 saturated heterocycles. The van der Waals surface area contributed by atoms with Gasteiger partial charge in [0.05, 0.1) is 13.2 Å². The predicted molar refractivity (Wildman–Crippen MR) is 82.1 cm³/mol. The second kappa shape index (κ2) is 6.77. The van der Waals surface area contributed by atoms with Gasteiger partial charge in [0.15, 0.2) is 0 Å². The third-order valence-electron chi connectivity index (χ3n) is 3.00. The SMILES string of the molecule is COc1ccccc1COc1ccc(Br)cc1[C@H](C)O. The van der Waals surface area contributed by atoms with E-state index in [0.29, 0.717) is 12.4 Å². The molecule has 0 spiro atoms. The van der Waals surface area contributed by atoms with Gasteiger partial charge in [-0.2, -0.15) is 0 Å². The van der Waals surface area contributed by atoms with E-state index in [1.807, 2.05) is 42.5 Å². The maximum Gasteiger partial charge on any atom is 0.125 e. The van der Waals surface area contributed by atoms with Gasteiger partial charge in [0.2, 0.25) is 0 Å². The fraction of sp³-hybridized carbons (Fsp3) is 0.250. The summed E-state index contributed by atoms with van der Waals surface area (Å²) in [4.78, 5) is 0. The van der Waals surface area contributed by atoms with Crippen molar-refractivity contribution in [2.45, 2.75) is 19.6 Å². The standard InChI is InChI=1S/C16H17BrO3/c1-11(18)14-9-13(17)7-8-16(14)20-10-12-5-3-4-6-15(12)19-2/h3-9,11,18H,10H2,1-2H3/t11-/m0/s1. The van der Waals surface area contributed by atoms with Crippen LogP contribution in [0.15, 0.2) is 46.9 Å². The highest BCUT2D eigenvalue weighted by molar-refractivity contribution is 9.10. The molecule has 106 valence electrons. The molecule has 2 aromatic carbocycles. The van der Waals surface area contributed by atoms with Crippen LogP contribution >= 0.6 is 15.9 Å². The van der Waals surface area contributed by atoms with Crippen LogP contribution in [0, 0.1) is 0 Å². The molecule has 0 fully saturated rings. The van der Waals surface area contributed by atoms with E-state index in [1.54, 1.807) is 14.0 Å². The van der Waals surface area contributed by atoms with Gasteiger partial charge >= 0.3 is 0 Å². The van der Waals surface area contributed by atoms with Crippen molar-refractivity contribution in [1.29, 1.82) is 0 Å². The van der Waals surface area contributed by atoms with Crippen LogP contribution in [0.25, 0.3) is 0 Å². The molecule has 0 radical (unpaired) electrons. The third-order valence-corrected chi connectivity index (χ3v) is 3.49. The lowest BCUT2D eigenvalue weighted by Crippen LogP contribution is -2.02. The first-order chi connectivity index (χ1) is 9.61. The molecule has 2 aromatic rings. The summed E-state index contributed by atoms with van der Waals surface area (Å²) in [6.07, 6.45) is -0.583. The number of methoxy groups -OCH3 is 1. The van der Waals surface area contributed by atoms with Crippen molar-refractivity contribution in [3.63, 3.8) is 0 Å². The number of benzene rings is 2. The number of hydrogen-bond donors (Lipinski definition) is 1. The first kappa shape index (κ1) is 14.9. The van der Waals surface area contributed by atoms with Gasteiger partial charge in [0.1, 0.15) is 18.1 Å². The largest absolute Gasteiger partial charge is 0.496 e. The Morgan fingerprint density at radius 2 is 1.90 bits per heavy atom. The van der Waals surface area contributed by atoms with E-state index in [2.05, 4.69) is 15.9 Å². The molecule has 3 nitrogen and oxygen atoms in total. The van der Waals surface area contributed by atoms with Gasteiger partial charge in [-0.25, -0.2) is 0 Å². The molecule has 0 aliphatic heterocycles. The van der Waals surface area contributed by atoms with E-state index in [1.165, 1.54) is 0 Å². The first-order valence-corrected chi connectivity index (χ1v) is 7.13. The number of ether oxygens (including phenoxy) is 2. The van der Waals surface area contributed by atoms with E-state index < -0.39 is 6.10 Å². The predicted octanol–water partition coefficient (Wildman–Crippen LogP) is 4.09. The minimum atomic E-state index is -0.583. The van der Waals surface area contributed by atoms with Gasteiger partial charge in [-0.3, -0.25) is 0 Å². The van der Waals surface area contributed by atoms with Crippen molar-refractivity contribution >= 4 is 15.9 Å². The minimum absolute atomic E-state index is 0.394. The summed E-state index contributed by atoms with van der Waals surface area (Å²) in [5.41, 5.74) is 1.73. The summed E-state index contributed by atoms with van der Waals surface area (Å²) in [5.74, 6) is 1.47. The maximum atomic E-state index is 9.80. The zero-order valence-corrected chi connectivity index (χ0v) is 13.1. The van der Waals surface area contributed by atoms with Gasteiger partial charge in [-0.05, 0) is 31.2 Å². The Hall–Kier alpha value is -1.52. The van der Waals surface area contributed by atoms with Gasteiger partial charge in [-0.1, -0.05) is 34.1 Å². The quantitative estimate of drug-likeness (QED) is 0.893. The lowest BCUT2D eigenvalue weighted by Gasteiger charge is -2.15. The molecule has 0 saturated carbocycles. The number of hydrogen-bond acceptors (Lipinski definition) is 3. The topological polar surface area (TPSA) is 38.7 Å². The van der Waals surface area contributed by atoms with Crippen molar-refractivity contribution in [3.8, 4) is 11.5 Å². The monoisotopic (exact) mass is 336 g/mol. The van der Waals surface area contributed by atoms with Crippen LogP contribution in [-0.4, -0.2) is 12.2 Å². The number of aliphatic hydroxyl groups excluding tert-OH is 1. The molecule has 1 N–H and O–H groups in total. The second-order valence-electron chi connectivity index (χ2n) is 4.46. The zero-order chi connectivity index (χ0) is 14.5. The average Bonchev–Trinajstić information content (AvgIpc) is 2.46. The third kappa shape index (κ3) is 3.52. The molecule has 0 unspecified atom stereocenters. The smallest absolute Gasteiger partial charge is 0.125 e. The number of rotatable bonds is 5. The highest BCUT2D eigenvalue weighted by Gasteiger charge is 2.11. The van der Waals surface area contributed by atoms with Crippen molar-refractivity contribution in [1.82, 2.24) is 0 Å². The molecule has 1 atom stereocenters. The Balaban J connectivity index is 2.19. The summed E-state index contributed by atoms with van der Waals surface area (Å²) in [7, 11) is 1.64. The van der Waals surface area contributed by atoms with Crippen molar-refractivity contribution in [2.75, 3.05) is 7.11 Å². The summed E-state index contributed by atoms with van der Waals surface area (Å²) in [6, 6.07) is 13.3. The molecule has 0 aromatic heterocycles. The molecule has 0 aliphatic carbocycles. The van der Waals surface area contributed by atoms with E-state index >= 15 is 0 Å². The maximum absolute atomic E-state index is 9.80. The normalized spacial score (nSPS) is 12.0. The molecule has 2 rings (SSSR count). The Morgan fingerprint density at radius 1 is 1.15 bits per heavy atom. The van der Waals surface area contributed by atoms with E-state index in [9.17, 15) is 5.11 Å². The van der Waals surface area contributed by atoms with Gasteiger partial charge in [-0.15, -0.1) is 0 Å². The molecule has 0 heterocycles. The van der Waals surface area contributed by atoms with Gasteiger partial charge in [0, 0.05) is 15.6 Å². The highest BCUT2D eigenvalue weighted by atomic mass is 79.9. The van der Waals surface area contributed by atoms with Gasteiger partial charge in [0.25, 0.3) is 0 Å². The van der Waals surface area contributed by atoms with Crippen LogP contribution in [0.2, 0.25) is 0 Å². The highest BCUT2D eigenvalue weighted by Crippen LogP contribution is 2.30. The summed E-state index contributed by atoms with van der Waals surface area (Å²) >= 11 is 3.40. The Bertz CT molecular complexity index is 582. The van der Waals surface area contributed by atoms with Crippen molar-refractivity contribution < 1.29 is 14.6 Å². The molecule has 20 heavy (non-hydrogen) atoms. The molecule has 0 aliphatic rings.